The Hall–Kier alpha value is -0.720. The molecular formula is C15H22N2O2S2. The zero-order valence-corrected chi connectivity index (χ0v) is 14.0. The van der Waals surface area contributed by atoms with Crippen molar-refractivity contribution in [3.05, 3.63) is 23.8 Å². The zero-order valence-electron chi connectivity index (χ0n) is 12.3. The van der Waals surface area contributed by atoms with E-state index >= 15 is 0 Å². The fourth-order valence-corrected chi connectivity index (χ4v) is 5.81. The highest BCUT2D eigenvalue weighted by Crippen LogP contribution is 2.29. The van der Waals surface area contributed by atoms with Crippen LogP contribution < -0.4 is 5.32 Å². The molecule has 2 heterocycles. The molecule has 3 rings (SSSR count). The van der Waals surface area contributed by atoms with Gasteiger partial charge in [0.15, 0.2) is 0 Å². The fraction of sp³-hybridized carbons (Fsp3) is 0.600. The second-order valence-electron chi connectivity index (χ2n) is 5.61. The molecule has 1 aromatic carbocycles. The van der Waals surface area contributed by atoms with E-state index < -0.39 is 10.0 Å². The number of nitrogens with one attached hydrogen (secondary N) is 1. The van der Waals surface area contributed by atoms with Gasteiger partial charge in [-0.15, -0.1) is 0 Å². The van der Waals surface area contributed by atoms with E-state index in [1.807, 2.05) is 23.9 Å². The Labute approximate surface area is 131 Å². The van der Waals surface area contributed by atoms with Crippen molar-refractivity contribution in [3.8, 4) is 0 Å². The van der Waals surface area contributed by atoms with Gasteiger partial charge in [-0.05, 0) is 37.0 Å². The molecule has 1 saturated heterocycles. The summed E-state index contributed by atoms with van der Waals surface area (Å²) in [5.74, 6) is 0.890. The van der Waals surface area contributed by atoms with E-state index in [0.29, 0.717) is 23.2 Å². The molecule has 0 radical (unpaired) electrons. The van der Waals surface area contributed by atoms with Crippen LogP contribution in [0.1, 0.15) is 25.3 Å². The van der Waals surface area contributed by atoms with E-state index in [9.17, 15) is 8.42 Å². The molecule has 0 spiro atoms. The third-order valence-electron chi connectivity index (χ3n) is 4.21. The molecule has 0 bridgehead atoms. The van der Waals surface area contributed by atoms with Crippen molar-refractivity contribution >= 4 is 27.5 Å². The number of nitrogens with zero attached hydrogens (tertiary/aromatic N) is 1. The lowest BCUT2D eigenvalue weighted by molar-refractivity contribution is 0.416. The van der Waals surface area contributed by atoms with E-state index in [4.69, 9.17) is 0 Å². The van der Waals surface area contributed by atoms with Gasteiger partial charge in [0.25, 0.3) is 0 Å². The summed E-state index contributed by atoms with van der Waals surface area (Å²) in [5, 5.41) is 3.73. The number of fused-ring (bicyclic) bond motifs is 1. The molecule has 6 heteroatoms. The Morgan fingerprint density at radius 1 is 1.43 bits per heavy atom. The molecule has 2 aliphatic heterocycles. The Balaban J connectivity index is 1.87. The molecule has 1 atom stereocenters. The first-order valence-electron chi connectivity index (χ1n) is 7.60. The summed E-state index contributed by atoms with van der Waals surface area (Å²) < 4.78 is 27.3. The number of aryl methyl sites for hydroxylation is 1. The van der Waals surface area contributed by atoms with E-state index in [1.54, 1.807) is 10.4 Å². The summed E-state index contributed by atoms with van der Waals surface area (Å²) in [4.78, 5) is 0.428. The van der Waals surface area contributed by atoms with Crippen LogP contribution in [0, 0.1) is 0 Å². The number of anilines is 1. The molecule has 1 unspecified atom stereocenters. The number of sulfonamides is 1. The van der Waals surface area contributed by atoms with Crippen molar-refractivity contribution in [2.24, 2.45) is 0 Å². The maximum absolute atomic E-state index is 12.8. The summed E-state index contributed by atoms with van der Waals surface area (Å²) in [6.07, 6.45) is 3.16. The molecule has 4 nitrogen and oxygen atoms in total. The van der Waals surface area contributed by atoms with Crippen LogP contribution in [0.25, 0.3) is 0 Å². The van der Waals surface area contributed by atoms with E-state index in [2.05, 4.69) is 12.2 Å². The van der Waals surface area contributed by atoms with Crippen molar-refractivity contribution in [2.75, 3.05) is 30.7 Å². The van der Waals surface area contributed by atoms with Gasteiger partial charge in [-0.1, -0.05) is 13.0 Å². The summed E-state index contributed by atoms with van der Waals surface area (Å²) in [6, 6.07) is 5.54. The normalized spacial score (nSPS) is 23.4. The average Bonchev–Trinajstić information content (AvgIpc) is 2.54. The van der Waals surface area contributed by atoms with E-state index in [1.165, 1.54) is 5.56 Å². The van der Waals surface area contributed by atoms with Crippen LogP contribution in [-0.2, 0) is 16.4 Å². The van der Waals surface area contributed by atoms with Gasteiger partial charge >= 0.3 is 0 Å². The minimum Gasteiger partial charge on any atom is -0.385 e. The van der Waals surface area contributed by atoms with Crippen LogP contribution in [-0.4, -0.2) is 43.4 Å². The van der Waals surface area contributed by atoms with Crippen molar-refractivity contribution in [1.29, 1.82) is 0 Å². The number of benzene rings is 1. The third-order valence-corrected chi connectivity index (χ3v) is 7.45. The molecule has 0 amide bonds. The maximum Gasteiger partial charge on any atom is 0.243 e. The Kier molecular flexibility index (Phi) is 4.47. The molecule has 0 saturated carbocycles. The van der Waals surface area contributed by atoms with Gasteiger partial charge in [-0.3, -0.25) is 0 Å². The third kappa shape index (κ3) is 3.07. The second-order valence-corrected chi connectivity index (χ2v) is 8.96. The van der Waals surface area contributed by atoms with Crippen LogP contribution in [0.15, 0.2) is 23.1 Å². The molecule has 2 aliphatic rings. The molecule has 21 heavy (non-hydrogen) atoms. The van der Waals surface area contributed by atoms with Crippen molar-refractivity contribution in [1.82, 2.24) is 4.31 Å². The summed E-state index contributed by atoms with van der Waals surface area (Å²) in [6.45, 7) is 4.30. The Bertz CT molecular complexity index is 616. The summed E-state index contributed by atoms with van der Waals surface area (Å²) >= 11 is 1.88. The monoisotopic (exact) mass is 326 g/mol. The highest BCUT2D eigenvalue weighted by molar-refractivity contribution is 8.00. The number of rotatable bonds is 3. The molecule has 1 aromatic rings. The highest BCUT2D eigenvalue weighted by atomic mass is 32.2. The van der Waals surface area contributed by atoms with Gasteiger partial charge in [0.05, 0.1) is 4.90 Å². The standard InChI is InChI=1S/C15H22N2O2S2/c1-2-13-11-17(8-9-20-13)21(18,19)14-6-5-12-4-3-7-16-15(12)10-14/h5-6,10,13,16H,2-4,7-9,11H2,1H3. The van der Waals surface area contributed by atoms with Gasteiger partial charge in [-0.25, -0.2) is 8.42 Å². The first-order valence-corrected chi connectivity index (χ1v) is 10.1. The smallest absolute Gasteiger partial charge is 0.243 e. The highest BCUT2D eigenvalue weighted by Gasteiger charge is 2.30. The lowest BCUT2D eigenvalue weighted by atomic mass is 10.0. The summed E-state index contributed by atoms with van der Waals surface area (Å²) in [7, 11) is -3.36. The minimum absolute atomic E-state index is 0.421. The lowest BCUT2D eigenvalue weighted by Crippen LogP contribution is -2.41. The van der Waals surface area contributed by atoms with Crippen LogP contribution in [0.5, 0.6) is 0 Å². The van der Waals surface area contributed by atoms with Gasteiger partial charge in [0.2, 0.25) is 10.0 Å². The predicted molar refractivity (Wildman–Crippen MR) is 88.5 cm³/mol. The van der Waals surface area contributed by atoms with E-state index in [0.717, 1.165) is 37.2 Å². The maximum atomic E-state index is 12.8. The van der Waals surface area contributed by atoms with Gasteiger partial charge in [0.1, 0.15) is 0 Å². The van der Waals surface area contributed by atoms with Crippen LogP contribution in [0.3, 0.4) is 0 Å². The molecular weight excluding hydrogens is 304 g/mol. The largest absolute Gasteiger partial charge is 0.385 e. The molecule has 1 fully saturated rings. The molecule has 0 aromatic heterocycles. The van der Waals surface area contributed by atoms with Crippen LogP contribution in [0.4, 0.5) is 5.69 Å². The van der Waals surface area contributed by atoms with Crippen molar-refractivity contribution in [3.63, 3.8) is 0 Å². The van der Waals surface area contributed by atoms with Crippen molar-refractivity contribution < 1.29 is 8.42 Å². The average molecular weight is 326 g/mol. The first kappa shape index (κ1) is 15.2. The van der Waals surface area contributed by atoms with Crippen LogP contribution >= 0.6 is 11.8 Å². The Morgan fingerprint density at radius 2 is 2.29 bits per heavy atom. The fourth-order valence-electron chi connectivity index (χ4n) is 2.91. The zero-order chi connectivity index (χ0) is 14.9. The molecule has 0 aliphatic carbocycles. The van der Waals surface area contributed by atoms with Crippen molar-refractivity contribution in [2.45, 2.75) is 36.3 Å². The second kappa shape index (κ2) is 6.18. The topological polar surface area (TPSA) is 49.4 Å². The lowest BCUT2D eigenvalue weighted by Gasteiger charge is -2.31. The first-order chi connectivity index (χ1) is 10.1. The van der Waals surface area contributed by atoms with E-state index in [-0.39, 0.29) is 0 Å². The van der Waals surface area contributed by atoms with Gasteiger partial charge in [0, 0.05) is 36.3 Å². The number of thioether (sulfide) groups is 1. The Morgan fingerprint density at radius 3 is 3.10 bits per heavy atom. The number of hydrogen-bond donors (Lipinski definition) is 1. The minimum atomic E-state index is -3.36. The van der Waals surface area contributed by atoms with Gasteiger partial charge < -0.3 is 5.32 Å². The molecule has 1 N–H and O–H groups in total. The molecule has 116 valence electrons. The number of hydrogen-bond acceptors (Lipinski definition) is 4. The summed E-state index contributed by atoms with van der Waals surface area (Å²) in [5.41, 5.74) is 2.21. The predicted octanol–water partition coefficient (Wildman–Crippen LogP) is 2.56. The SMILES string of the molecule is CCC1CN(S(=O)(=O)c2ccc3c(c2)NCCC3)CCS1. The van der Waals surface area contributed by atoms with Gasteiger partial charge in [-0.2, -0.15) is 16.1 Å². The van der Waals surface area contributed by atoms with Crippen LogP contribution in [0.2, 0.25) is 0 Å². The quantitative estimate of drug-likeness (QED) is 0.927.